The van der Waals surface area contributed by atoms with Crippen LogP contribution in [0.1, 0.15) is 39.2 Å². The third-order valence-electron chi connectivity index (χ3n) is 3.17. The highest BCUT2D eigenvalue weighted by atomic mass is 32.2. The summed E-state index contributed by atoms with van der Waals surface area (Å²) in [7, 11) is -3.59. The number of aliphatic hydroxyl groups excluding tert-OH is 1. The highest BCUT2D eigenvalue weighted by Crippen LogP contribution is 2.16. The Morgan fingerprint density at radius 3 is 2.32 bits per heavy atom. The molecule has 0 saturated carbocycles. The number of nitrogens with one attached hydrogen (secondary N) is 1. The second-order valence-corrected chi connectivity index (χ2v) is 8.37. The fourth-order valence-corrected chi connectivity index (χ4v) is 3.19. The molecule has 0 aromatic heterocycles. The van der Waals surface area contributed by atoms with Crippen molar-refractivity contribution in [2.75, 3.05) is 6.61 Å². The van der Waals surface area contributed by atoms with E-state index in [9.17, 15) is 13.5 Å². The maximum absolute atomic E-state index is 12.3. The Kier molecular flexibility index (Phi) is 6.78. The summed E-state index contributed by atoms with van der Waals surface area (Å²) < 4.78 is 27.1. The van der Waals surface area contributed by atoms with Crippen LogP contribution in [0.25, 0.3) is 0 Å². The van der Waals surface area contributed by atoms with Crippen LogP contribution in [0.3, 0.4) is 0 Å². The van der Waals surface area contributed by atoms with Crippen LogP contribution in [0.4, 0.5) is 0 Å². The number of aliphatic hydroxyl groups is 1. The maximum Gasteiger partial charge on any atom is 0.240 e. The molecule has 0 aliphatic heterocycles. The molecule has 124 valence electrons. The van der Waals surface area contributed by atoms with Gasteiger partial charge in [-0.2, -0.15) is 0 Å². The van der Waals surface area contributed by atoms with Gasteiger partial charge in [0.05, 0.1) is 11.5 Å². The molecule has 1 rings (SSSR count). The second-order valence-electron chi connectivity index (χ2n) is 6.66. The average Bonchev–Trinajstić information content (AvgIpc) is 2.41. The van der Waals surface area contributed by atoms with Gasteiger partial charge in [0, 0.05) is 6.04 Å². The van der Waals surface area contributed by atoms with Crippen molar-refractivity contribution in [2.24, 2.45) is 5.41 Å². The molecule has 0 saturated heterocycles. The van der Waals surface area contributed by atoms with Gasteiger partial charge in [-0.1, -0.05) is 50.6 Å². The van der Waals surface area contributed by atoms with E-state index in [4.69, 9.17) is 0 Å². The Balaban J connectivity index is 2.65. The molecular weight excluding hydrogens is 298 g/mol. The molecule has 22 heavy (non-hydrogen) atoms. The van der Waals surface area contributed by atoms with Crippen molar-refractivity contribution in [2.45, 2.75) is 51.5 Å². The summed E-state index contributed by atoms with van der Waals surface area (Å²) in [4.78, 5) is 0.224. The first-order valence-electron chi connectivity index (χ1n) is 7.51. The van der Waals surface area contributed by atoms with Gasteiger partial charge in [0.25, 0.3) is 0 Å². The largest absolute Gasteiger partial charge is 0.395 e. The van der Waals surface area contributed by atoms with E-state index in [2.05, 4.69) is 31.6 Å². The molecule has 0 aliphatic carbocycles. The summed E-state index contributed by atoms with van der Waals surface area (Å²) in [6.07, 6.45) is 5.41. The maximum atomic E-state index is 12.3. The first kappa shape index (κ1) is 18.9. The number of hydrogen-bond donors (Lipinski definition) is 2. The molecule has 4 nitrogen and oxygen atoms in total. The fourth-order valence-electron chi connectivity index (χ4n) is 1.93. The number of benzene rings is 1. The summed E-state index contributed by atoms with van der Waals surface area (Å²) >= 11 is 0. The van der Waals surface area contributed by atoms with Crippen LogP contribution in [0.15, 0.2) is 41.3 Å². The fraction of sp³-hybridized carbons (Fsp3) is 0.529. The smallest absolute Gasteiger partial charge is 0.240 e. The van der Waals surface area contributed by atoms with E-state index in [1.807, 2.05) is 13.0 Å². The normalized spacial score (nSPS) is 14.4. The number of allylic oxidation sites excluding steroid dienone is 2. The van der Waals surface area contributed by atoms with E-state index in [1.165, 1.54) is 0 Å². The predicted octanol–water partition coefficient (Wildman–Crippen LogP) is 3.02. The van der Waals surface area contributed by atoms with E-state index < -0.39 is 16.1 Å². The summed E-state index contributed by atoms with van der Waals surface area (Å²) in [5.74, 6) is 0. The number of sulfonamides is 1. The zero-order valence-electron chi connectivity index (χ0n) is 13.8. The van der Waals surface area contributed by atoms with E-state index in [-0.39, 0.29) is 16.9 Å². The standard InChI is InChI=1S/C17H27NO3S/c1-14-8-10-16(11-9-14)22(20,21)18-15(13-19)7-5-6-12-17(2,3)4/h6,8-12,15,18-19H,5,7,13H2,1-4H3/b12-6+/t15-/m1/s1. The lowest BCUT2D eigenvalue weighted by atomic mass is 9.95. The van der Waals surface area contributed by atoms with Crippen molar-refractivity contribution < 1.29 is 13.5 Å². The van der Waals surface area contributed by atoms with Crippen LogP contribution < -0.4 is 4.72 Å². The minimum Gasteiger partial charge on any atom is -0.395 e. The van der Waals surface area contributed by atoms with Crippen LogP contribution in [-0.4, -0.2) is 26.2 Å². The Morgan fingerprint density at radius 1 is 1.23 bits per heavy atom. The highest BCUT2D eigenvalue weighted by molar-refractivity contribution is 7.89. The molecule has 1 aromatic rings. The van der Waals surface area contributed by atoms with Gasteiger partial charge in [-0.05, 0) is 37.3 Å². The predicted molar refractivity (Wildman–Crippen MR) is 90.2 cm³/mol. The van der Waals surface area contributed by atoms with Crippen molar-refractivity contribution in [1.29, 1.82) is 0 Å². The summed E-state index contributed by atoms with van der Waals surface area (Å²) in [5, 5.41) is 9.39. The van der Waals surface area contributed by atoms with Crippen molar-refractivity contribution in [3.05, 3.63) is 42.0 Å². The van der Waals surface area contributed by atoms with Crippen molar-refractivity contribution in [3.8, 4) is 0 Å². The van der Waals surface area contributed by atoms with Crippen LogP contribution in [0.2, 0.25) is 0 Å². The minimum atomic E-state index is -3.59. The molecule has 5 heteroatoms. The van der Waals surface area contributed by atoms with Gasteiger partial charge in [0.1, 0.15) is 0 Å². The Hall–Kier alpha value is -1.17. The van der Waals surface area contributed by atoms with Gasteiger partial charge in [0.2, 0.25) is 10.0 Å². The zero-order valence-corrected chi connectivity index (χ0v) is 14.7. The lowest BCUT2D eigenvalue weighted by Gasteiger charge is -2.16. The van der Waals surface area contributed by atoms with E-state index in [0.29, 0.717) is 6.42 Å². The first-order valence-corrected chi connectivity index (χ1v) is 9.00. The zero-order chi connectivity index (χ0) is 16.8. The van der Waals surface area contributed by atoms with E-state index in [0.717, 1.165) is 12.0 Å². The number of rotatable bonds is 7. The molecule has 0 spiro atoms. The number of hydrogen-bond acceptors (Lipinski definition) is 3. The van der Waals surface area contributed by atoms with Gasteiger partial charge >= 0.3 is 0 Å². The Morgan fingerprint density at radius 2 is 1.82 bits per heavy atom. The van der Waals surface area contributed by atoms with Crippen molar-refractivity contribution >= 4 is 10.0 Å². The molecule has 0 unspecified atom stereocenters. The van der Waals surface area contributed by atoms with Gasteiger partial charge < -0.3 is 5.11 Å². The van der Waals surface area contributed by atoms with Gasteiger partial charge in [-0.3, -0.25) is 0 Å². The molecule has 1 atom stereocenters. The molecular formula is C17H27NO3S. The quantitative estimate of drug-likeness (QED) is 0.757. The topological polar surface area (TPSA) is 66.4 Å². The molecule has 2 N–H and O–H groups in total. The molecule has 0 fully saturated rings. The van der Waals surface area contributed by atoms with Crippen molar-refractivity contribution in [1.82, 2.24) is 4.72 Å². The summed E-state index contributed by atoms with van der Waals surface area (Å²) in [6.45, 7) is 8.00. The van der Waals surface area contributed by atoms with Gasteiger partial charge in [-0.25, -0.2) is 13.1 Å². The third kappa shape index (κ3) is 6.73. The molecule has 0 amide bonds. The molecule has 0 heterocycles. The lowest BCUT2D eigenvalue weighted by molar-refractivity contribution is 0.251. The van der Waals surface area contributed by atoms with Crippen molar-refractivity contribution in [3.63, 3.8) is 0 Å². The van der Waals surface area contributed by atoms with E-state index in [1.54, 1.807) is 24.3 Å². The van der Waals surface area contributed by atoms with Gasteiger partial charge in [0.15, 0.2) is 0 Å². The van der Waals surface area contributed by atoms with Crippen LogP contribution in [0.5, 0.6) is 0 Å². The Labute approximate surface area is 134 Å². The Bertz CT molecular complexity index is 583. The van der Waals surface area contributed by atoms with Crippen LogP contribution in [-0.2, 0) is 10.0 Å². The lowest BCUT2D eigenvalue weighted by Crippen LogP contribution is -2.37. The molecule has 0 aliphatic rings. The molecule has 0 radical (unpaired) electrons. The van der Waals surface area contributed by atoms with Crippen LogP contribution >= 0.6 is 0 Å². The second kappa shape index (κ2) is 7.90. The average molecular weight is 325 g/mol. The summed E-state index contributed by atoms with van der Waals surface area (Å²) in [6, 6.07) is 6.19. The van der Waals surface area contributed by atoms with Crippen LogP contribution in [0, 0.1) is 12.3 Å². The molecule has 0 bridgehead atoms. The summed E-state index contributed by atoms with van der Waals surface area (Å²) in [5.41, 5.74) is 1.11. The minimum absolute atomic E-state index is 0.107. The highest BCUT2D eigenvalue weighted by Gasteiger charge is 2.19. The third-order valence-corrected chi connectivity index (χ3v) is 4.71. The monoisotopic (exact) mass is 325 g/mol. The van der Waals surface area contributed by atoms with Gasteiger partial charge in [-0.15, -0.1) is 0 Å². The van der Waals surface area contributed by atoms with E-state index >= 15 is 0 Å². The SMILES string of the molecule is Cc1ccc(S(=O)(=O)N[C@@H](CO)CC/C=C/C(C)(C)C)cc1. The number of aryl methyl sites for hydroxylation is 1. The molecule has 1 aromatic carbocycles. The first-order chi connectivity index (χ1) is 10.1.